The maximum Gasteiger partial charge on any atom is 0.252 e. The first-order valence-corrected chi connectivity index (χ1v) is 10.2. The molecule has 0 aliphatic rings. The number of rotatable bonds is 7. The van der Waals surface area contributed by atoms with Crippen LogP contribution in [0.1, 0.15) is 44.5 Å². The van der Waals surface area contributed by atoms with Crippen LogP contribution in [0.2, 0.25) is 0 Å². The first-order valence-electron chi connectivity index (χ1n) is 8.72. The highest BCUT2D eigenvalue weighted by Crippen LogP contribution is 2.23. The van der Waals surface area contributed by atoms with Gasteiger partial charge < -0.3 is 10.3 Å². The summed E-state index contributed by atoms with van der Waals surface area (Å²) >= 11 is 0. The van der Waals surface area contributed by atoms with E-state index in [0.29, 0.717) is 24.0 Å². The summed E-state index contributed by atoms with van der Waals surface area (Å²) in [5.41, 5.74) is 0.178. The second kappa shape index (κ2) is 8.01. The molecule has 0 aliphatic carbocycles. The lowest BCUT2D eigenvalue weighted by Crippen LogP contribution is -2.33. The molecule has 2 N–H and O–H groups in total. The Hall–Kier alpha value is -2.19. The van der Waals surface area contributed by atoms with Crippen molar-refractivity contribution in [1.82, 2.24) is 14.6 Å². The van der Waals surface area contributed by atoms with Gasteiger partial charge in [0.25, 0.3) is 5.91 Å². The van der Waals surface area contributed by atoms with Crippen molar-refractivity contribution >= 4 is 26.8 Å². The van der Waals surface area contributed by atoms with E-state index in [0.717, 1.165) is 6.42 Å². The molecule has 142 valence electrons. The summed E-state index contributed by atoms with van der Waals surface area (Å²) in [5, 5.41) is 3.22. The largest absolute Gasteiger partial charge is 0.350 e. The van der Waals surface area contributed by atoms with Crippen molar-refractivity contribution in [3.8, 4) is 0 Å². The van der Waals surface area contributed by atoms with Gasteiger partial charge in [-0.3, -0.25) is 9.59 Å². The van der Waals surface area contributed by atoms with Crippen LogP contribution < -0.4 is 10.9 Å². The zero-order valence-electron chi connectivity index (χ0n) is 15.5. The third-order valence-corrected chi connectivity index (χ3v) is 6.44. The number of sulfonamides is 1. The first kappa shape index (κ1) is 20.1. The average molecular weight is 379 g/mol. The van der Waals surface area contributed by atoms with E-state index in [4.69, 9.17) is 0 Å². The van der Waals surface area contributed by atoms with E-state index in [1.165, 1.54) is 28.6 Å². The molecule has 1 aromatic carbocycles. The first-order chi connectivity index (χ1) is 12.2. The lowest BCUT2D eigenvalue weighted by atomic mass is 10.1. The third kappa shape index (κ3) is 3.96. The van der Waals surface area contributed by atoms with Gasteiger partial charge in [-0.25, -0.2) is 8.42 Å². The van der Waals surface area contributed by atoms with Crippen molar-refractivity contribution in [2.45, 2.75) is 45.1 Å². The molecule has 7 nitrogen and oxygen atoms in total. The number of hydrogen-bond acceptors (Lipinski definition) is 4. The molecule has 1 amide bonds. The van der Waals surface area contributed by atoms with Gasteiger partial charge in [-0.05, 0) is 31.5 Å². The van der Waals surface area contributed by atoms with Gasteiger partial charge in [0, 0.05) is 36.1 Å². The minimum Gasteiger partial charge on any atom is -0.350 e. The minimum atomic E-state index is -3.66. The van der Waals surface area contributed by atoms with Crippen LogP contribution >= 0.6 is 0 Å². The van der Waals surface area contributed by atoms with Crippen LogP contribution in [0, 0.1) is 0 Å². The van der Waals surface area contributed by atoms with Gasteiger partial charge in [0.2, 0.25) is 15.6 Å². The van der Waals surface area contributed by atoms with Crippen LogP contribution in [0.5, 0.6) is 0 Å². The highest BCUT2D eigenvalue weighted by atomic mass is 32.2. The number of carbonyl (C=O) groups is 1. The lowest BCUT2D eigenvalue weighted by molar-refractivity contribution is 0.0940. The number of aromatic nitrogens is 1. The summed E-state index contributed by atoms with van der Waals surface area (Å²) in [5.74, 6) is -0.396. The molecule has 2 aromatic rings. The summed E-state index contributed by atoms with van der Waals surface area (Å²) in [6, 6.07) is 5.56. The summed E-state index contributed by atoms with van der Waals surface area (Å²) in [6.07, 6.45) is 0.744. The van der Waals surface area contributed by atoms with Gasteiger partial charge in [-0.1, -0.05) is 20.8 Å². The number of carbonyl (C=O) groups excluding carboxylic acids is 1. The van der Waals surface area contributed by atoms with Gasteiger partial charge >= 0.3 is 0 Å². The zero-order valence-corrected chi connectivity index (χ0v) is 16.3. The summed E-state index contributed by atoms with van der Waals surface area (Å²) in [4.78, 5) is 27.2. The number of hydrogen-bond donors (Lipinski definition) is 2. The predicted molar refractivity (Wildman–Crippen MR) is 102 cm³/mol. The Balaban J connectivity index is 2.64. The van der Waals surface area contributed by atoms with Crippen LogP contribution in [0.15, 0.2) is 34.0 Å². The van der Waals surface area contributed by atoms with Crippen LogP contribution in [0.25, 0.3) is 10.9 Å². The fourth-order valence-electron chi connectivity index (χ4n) is 2.70. The van der Waals surface area contributed by atoms with Gasteiger partial charge in [-0.2, -0.15) is 4.31 Å². The van der Waals surface area contributed by atoms with Gasteiger partial charge in [-0.15, -0.1) is 0 Å². The molecular weight excluding hydrogens is 354 g/mol. The van der Waals surface area contributed by atoms with Crippen molar-refractivity contribution in [2.75, 3.05) is 13.1 Å². The molecule has 0 spiro atoms. The molecule has 0 aliphatic heterocycles. The van der Waals surface area contributed by atoms with E-state index in [-0.39, 0.29) is 16.5 Å². The molecule has 0 fully saturated rings. The number of nitrogens with one attached hydrogen (secondary N) is 2. The number of H-pyrrole nitrogens is 1. The molecule has 0 saturated heterocycles. The summed E-state index contributed by atoms with van der Waals surface area (Å²) in [7, 11) is -3.66. The number of pyridine rings is 1. The summed E-state index contributed by atoms with van der Waals surface area (Å²) in [6.45, 7) is 8.04. The maximum atomic E-state index is 12.8. The Morgan fingerprint density at radius 3 is 2.42 bits per heavy atom. The quantitative estimate of drug-likeness (QED) is 0.769. The number of amides is 1. The fourth-order valence-corrected chi connectivity index (χ4v) is 4.18. The standard InChI is InChI=1S/C18H25N3O4S/c1-5-12(4)19-18(23)15-11-17(22)20-16-9-8-13(10-14(15)16)26(24,25)21(6-2)7-3/h8-12H,5-7H2,1-4H3,(H,19,23)(H,20,22)/t12-/m0/s1. The topological polar surface area (TPSA) is 99.3 Å². The van der Waals surface area contributed by atoms with Crippen LogP contribution in [-0.2, 0) is 10.0 Å². The molecule has 2 rings (SSSR count). The predicted octanol–water partition coefficient (Wildman–Crippen LogP) is 2.09. The number of fused-ring (bicyclic) bond motifs is 1. The average Bonchev–Trinajstić information content (AvgIpc) is 2.61. The Morgan fingerprint density at radius 2 is 1.85 bits per heavy atom. The van der Waals surface area contributed by atoms with E-state index >= 15 is 0 Å². The van der Waals surface area contributed by atoms with Gasteiger partial charge in [0.05, 0.1) is 10.5 Å². The fraction of sp³-hybridized carbons (Fsp3) is 0.444. The summed E-state index contributed by atoms with van der Waals surface area (Å²) < 4.78 is 26.9. The van der Waals surface area contributed by atoms with Crippen molar-refractivity contribution in [3.63, 3.8) is 0 Å². The SMILES string of the molecule is CC[C@H](C)NC(=O)c1cc(=O)[nH]c2ccc(S(=O)(=O)N(CC)CC)cc12. The molecule has 26 heavy (non-hydrogen) atoms. The smallest absolute Gasteiger partial charge is 0.252 e. The van der Waals surface area contributed by atoms with Crippen LogP contribution in [-0.4, -0.2) is 42.7 Å². The van der Waals surface area contributed by atoms with Crippen molar-refractivity contribution in [2.24, 2.45) is 0 Å². The van der Waals surface area contributed by atoms with Crippen molar-refractivity contribution < 1.29 is 13.2 Å². The maximum absolute atomic E-state index is 12.8. The van der Waals surface area contributed by atoms with Crippen LogP contribution in [0.4, 0.5) is 0 Å². The molecule has 0 saturated carbocycles. The third-order valence-electron chi connectivity index (χ3n) is 4.39. The Morgan fingerprint density at radius 1 is 1.19 bits per heavy atom. The number of nitrogens with zero attached hydrogens (tertiary/aromatic N) is 1. The monoisotopic (exact) mass is 379 g/mol. The lowest BCUT2D eigenvalue weighted by Gasteiger charge is -2.19. The van der Waals surface area contributed by atoms with Crippen LogP contribution in [0.3, 0.4) is 0 Å². The van der Waals surface area contributed by atoms with Gasteiger partial charge in [0.15, 0.2) is 0 Å². The number of aromatic amines is 1. The van der Waals surface area contributed by atoms with Crippen molar-refractivity contribution in [1.29, 1.82) is 0 Å². The second-order valence-corrected chi connectivity index (χ2v) is 8.06. The Labute approximate surface area is 153 Å². The molecule has 8 heteroatoms. The normalized spacial score (nSPS) is 13.1. The Kier molecular flexibility index (Phi) is 6.20. The molecule has 0 radical (unpaired) electrons. The zero-order chi connectivity index (χ0) is 19.5. The Bertz CT molecular complexity index is 962. The number of benzene rings is 1. The molecule has 1 heterocycles. The van der Waals surface area contributed by atoms with E-state index in [1.54, 1.807) is 13.8 Å². The van der Waals surface area contributed by atoms with Gasteiger partial charge in [0.1, 0.15) is 0 Å². The molecule has 0 bridgehead atoms. The molecule has 1 aromatic heterocycles. The minimum absolute atomic E-state index is 0.0561. The van der Waals surface area contributed by atoms with Crippen molar-refractivity contribution in [3.05, 3.63) is 40.2 Å². The second-order valence-electron chi connectivity index (χ2n) is 6.13. The van der Waals surface area contributed by atoms with E-state index < -0.39 is 21.5 Å². The molecule has 0 unspecified atom stereocenters. The van der Waals surface area contributed by atoms with E-state index in [1.807, 2.05) is 13.8 Å². The van der Waals surface area contributed by atoms with E-state index in [2.05, 4.69) is 10.3 Å². The highest BCUT2D eigenvalue weighted by molar-refractivity contribution is 7.89. The van der Waals surface area contributed by atoms with E-state index in [9.17, 15) is 18.0 Å². The highest BCUT2D eigenvalue weighted by Gasteiger charge is 2.23. The molecular formula is C18H25N3O4S. The molecule has 1 atom stereocenters.